The first-order chi connectivity index (χ1) is 6.59. The van der Waals surface area contributed by atoms with Crippen LogP contribution in [0.15, 0.2) is 6.20 Å². The number of fused-ring (bicyclic) bond motifs is 1. The summed E-state index contributed by atoms with van der Waals surface area (Å²) in [4.78, 5) is 11.0. The molecule has 2 aromatic rings. The van der Waals surface area contributed by atoms with E-state index in [1.165, 1.54) is 0 Å². The Balaban J connectivity index is 2.79. The number of hydrogen-bond acceptors (Lipinski definition) is 3. The molecule has 0 saturated heterocycles. The van der Waals surface area contributed by atoms with Crippen molar-refractivity contribution >= 4 is 28.6 Å². The van der Waals surface area contributed by atoms with Gasteiger partial charge in [-0.25, -0.2) is 4.98 Å². The molecule has 5 heteroatoms. The van der Waals surface area contributed by atoms with Crippen LogP contribution < -0.4 is 5.73 Å². The Morgan fingerprint density at radius 3 is 2.79 bits per heavy atom. The van der Waals surface area contributed by atoms with Crippen LogP contribution in [0.3, 0.4) is 0 Å². The minimum Gasteiger partial charge on any atom is -0.368 e. The van der Waals surface area contributed by atoms with E-state index in [-0.39, 0.29) is 5.95 Å². The number of nitrogens with zero attached hydrogens (tertiary/aromatic N) is 2. The highest BCUT2D eigenvalue weighted by Crippen LogP contribution is 2.29. The third kappa shape index (κ3) is 1.32. The fourth-order valence-corrected chi connectivity index (χ4v) is 1.77. The third-order valence-corrected chi connectivity index (χ3v) is 2.43. The lowest BCUT2D eigenvalue weighted by Crippen LogP contribution is -1.96. The van der Waals surface area contributed by atoms with E-state index in [9.17, 15) is 0 Å². The number of H-pyrrole nitrogens is 1. The number of aromatic amines is 1. The summed E-state index contributed by atoms with van der Waals surface area (Å²) < 4.78 is 0. The molecule has 0 radical (unpaired) electrons. The van der Waals surface area contributed by atoms with Gasteiger partial charge in [0.25, 0.3) is 0 Å². The van der Waals surface area contributed by atoms with Gasteiger partial charge in [-0.05, 0) is 11.5 Å². The molecular weight excluding hydrogens is 200 g/mol. The van der Waals surface area contributed by atoms with E-state index < -0.39 is 0 Å². The molecule has 4 nitrogen and oxygen atoms in total. The van der Waals surface area contributed by atoms with Crippen molar-refractivity contribution in [3.63, 3.8) is 0 Å². The van der Waals surface area contributed by atoms with Crippen LogP contribution in [0.25, 0.3) is 11.0 Å². The number of hydrogen-bond donors (Lipinski definition) is 2. The Morgan fingerprint density at radius 2 is 2.14 bits per heavy atom. The second-order valence-electron chi connectivity index (χ2n) is 3.49. The zero-order valence-electron chi connectivity index (χ0n) is 8.00. The van der Waals surface area contributed by atoms with Gasteiger partial charge in [-0.2, -0.15) is 4.98 Å². The largest absolute Gasteiger partial charge is 0.368 e. The van der Waals surface area contributed by atoms with Crippen molar-refractivity contribution in [3.8, 4) is 0 Å². The maximum absolute atomic E-state index is 6.00. The summed E-state index contributed by atoms with van der Waals surface area (Å²) in [6.07, 6.45) is 1.90. The predicted octanol–water partition coefficient (Wildman–Crippen LogP) is 2.32. The van der Waals surface area contributed by atoms with Crippen LogP contribution in [0, 0.1) is 0 Å². The van der Waals surface area contributed by atoms with E-state index in [0.717, 1.165) is 10.9 Å². The molecule has 0 atom stereocenters. The fourth-order valence-electron chi connectivity index (χ4n) is 1.48. The van der Waals surface area contributed by atoms with E-state index in [1.54, 1.807) is 0 Å². The maximum atomic E-state index is 6.00. The van der Waals surface area contributed by atoms with Crippen LogP contribution in [-0.2, 0) is 0 Å². The molecular formula is C9H11ClN4. The topological polar surface area (TPSA) is 67.6 Å². The SMILES string of the molecule is CC(C)c1c[nH]c2nc(N)nc(Cl)c12. The number of rotatable bonds is 1. The highest BCUT2D eigenvalue weighted by molar-refractivity contribution is 6.34. The van der Waals surface area contributed by atoms with Crippen molar-refractivity contribution in [2.75, 3.05) is 5.73 Å². The molecule has 0 aliphatic heterocycles. The van der Waals surface area contributed by atoms with Crippen LogP contribution in [0.5, 0.6) is 0 Å². The van der Waals surface area contributed by atoms with Crippen LogP contribution in [-0.4, -0.2) is 15.0 Å². The molecule has 0 amide bonds. The van der Waals surface area contributed by atoms with Crippen molar-refractivity contribution in [1.82, 2.24) is 15.0 Å². The van der Waals surface area contributed by atoms with Gasteiger partial charge in [0, 0.05) is 6.20 Å². The number of halogens is 1. The van der Waals surface area contributed by atoms with Gasteiger partial charge in [-0.1, -0.05) is 25.4 Å². The monoisotopic (exact) mass is 210 g/mol. The van der Waals surface area contributed by atoms with E-state index in [1.807, 2.05) is 6.20 Å². The van der Waals surface area contributed by atoms with Gasteiger partial charge in [0.05, 0.1) is 5.39 Å². The minimum atomic E-state index is 0.194. The average Bonchev–Trinajstić information content (AvgIpc) is 2.47. The molecule has 0 aromatic carbocycles. The van der Waals surface area contributed by atoms with E-state index >= 15 is 0 Å². The fraction of sp³-hybridized carbons (Fsp3) is 0.333. The molecule has 14 heavy (non-hydrogen) atoms. The first-order valence-corrected chi connectivity index (χ1v) is 4.77. The van der Waals surface area contributed by atoms with Crippen LogP contribution in [0.4, 0.5) is 5.95 Å². The average molecular weight is 211 g/mol. The Kier molecular flexibility index (Phi) is 2.07. The van der Waals surface area contributed by atoms with Crippen molar-refractivity contribution in [2.45, 2.75) is 19.8 Å². The molecule has 74 valence electrons. The summed E-state index contributed by atoms with van der Waals surface area (Å²) in [7, 11) is 0. The predicted molar refractivity (Wildman–Crippen MR) is 57.4 cm³/mol. The van der Waals surface area contributed by atoms with Gasteiger partial charge in [0.15, 0.2) is 0 Å². The second kappa shape index (κ2) is 3.13. The lowest BCUT2D eigenvalue weighted by Gasteiger charge is -2.03. The second-order valence-corrected chi connectivity index (χ2v) is 3.85. The molecule has 2 rings (SSSR count). The van der Waals surface area contributed by atoms with Crippen LogP contribution >= 0.6 is 11.6 Å². The molecule has 2 aromatic heterocycles. The van der Waals surface area contributed by atoms with E-state index in [0.29, 0.717) is 16.7 Å². The number of nitrogens with two attached hydrogens (primary N) is 1. The standard InChI is InChI=1S/C9H11ClN4/c1-4(2)5-3-12-8-6(5)7(10)13-9(11)14-8/h3-4H,1-2H3,(H3,11,12,13,14). The van der Waals surface area contributed by atoms with Crippen molar-refractivity contribution in [1.29, 1.82) is 0 Å². The number of aromatic nitrogens is 3. The molecule has 0 bridgehead atoms. The number of nitrogens with one attached hydrogen (secondary N) is 1. The molecule has 2 heterocycles. The van der Waals surface area contributed by atoms with Gasteiger partial charge in [-0.3, -0.25) is 0 Å². The lowest BCUT2D eigenvalue weighted by molar-refractivity contribution is 0.875. The summed E-state index contributed by atoms with van der Waals surface area (Å²) in [5.74, 6) is 0.577. The quantitative estimate of drug-likeness (QED) is 0.710. The first-order valence-electron chi connectivity index (χ1n) is 4.39. The molecule has 3 N–H and O–H groups in total. The molecule has 0 unspecified atom stereocenters. The van der Waals surface area contributed by atoms with Crippen LogP contribution in [0.2, 0.25) is 5.15 Å². The molecule has 0 aliphatic carbocycles. The summed E-state index contributed by atoms with van der Waals surface area (Å²) in [6, 6.07) is 0. The maximum Gasteiger partial charge on any atom is 0.223 e. The normalized spacial score (nSPS) is 11.4. The van der Waals surface area contributed by atoms with E-state index in [4.69, 9.17) is 17.3 Å². The highest BCUT2D eigenvalue weighted by atomic mass is 35.5. The summed E-state index contributed by atoms with van der Waals surface area (Å²) in [5, 5.41) is 1.29. The molecule has 0 spiro atoms. The summed E-state index contributed by atoms with van der Waals surface area (Å²) >= 11 is 6.00. The van der Waals surface area contributed by atoms with Gasteiger partial charge in [0.2, 0.25) is 5.95 Å². The Hall–Kier alpha value is -1.29. The van der Waals surface area contributed by atoms with Crippen molar-refractivity contribution in [3.05, 3.63) is 16.9 Å². The number of anilines is 1. The molecule has 0 aliphatic rings. The van der Waals surface area contributed by atoms with Gasteiger partial charge in [-0.15, -0.1) is 0 Å². The highest BCUT2D eigenvalue weighted by Gasteiger charge is 2.13. The van der Waals surface area contributed by atoms with Gasteiger partial charge >= 0.3 is 0 Å². The Morgan fingerprint density at radius 1 is 1.43 bits per heavy atom. The zero-order valence-corrected chi connectivity index (χ0v) is 8.76. The third-order valence-electron chi connectivity index (χ3n) is 2.16. The summed E-state index contributed by atoms with van der Waals surface area (Å²) in [6.45, 7) is 4.19. The smallest absolute Gasteiger partial charge is 0.223 e. The Labute approximate surface area is 86.5 Å². The van der Waals surface area contributed by atoms with Crippen molar-refractivity contribution in [2.24, 2.45) is 0 Å². The Bertz CT molecular complexity index is 475. The van der Waals surface area contributed by atoms with Gasteiger partial charge in [0.1, 0.15) is 10.8 Å². The zero-order chi connectivity index (χ0) is 10.3. The van der Waals surface area contributed by atoms with Crippen molar-refractivity contribution < 1.29 is 0 Å². The lowest BCUT2D eigenvalue weighted by atomic mass is 10.1. The molecule has 0 fully saturated rings. The van der Waals surface area contributed by atoms with Crippen LogP contribution in [0.1, 0.15) is 25.3 Å². The summed E-state index contributed by atoms with van der Waals surface area (Å²) in [5.41, 5.74) is 7.30. The first kappa shape index (κ1) is 9.27. The minimum absolute atomic E-state index is 0.194. The van der Waals surface area contributed by atoms with E-state index in [2.05, 4.69) is 28.8 Å². The van der Waals surface area contributed by atoms with Gasteiger partial charge < -0.3 is 10.7 Å². The molecule has 0 saturated carbocycles. The number of nitrogen functional groups attached to an aromatic ring is 1.